The highest BCUT2D eigenvalue weighted by Crippen LogP contribution is 2.39. The molecule has 0 aromatic heterocycles. The van der Waals surface area contributed by atoms with Gasteiger partial charge in [-0.05, 0) is 30.9 Å². The van der Waals surface area contributed by atoms with E-state index in [0.29, 0.717) is 12.5 Å². The van der Waals surface area contributed by atoms with E-state index in [0.717, 1.165) is 17.7 Å². The fourth-order valence-corrected chi connectivity index (χ4v) is 4.08. The van der Waals surface area contributed by atoms with Crippen LogP contribution in [0, 0.1) is 5.92 Å². The number of rotatable bonds is 5. The Morgan fingerprint density at radius 3 is 2.85 bits per heavy atom. The first-order valence-electron chi connectivity index (χ1n) is 7.19. The van der Waals surface area contributed by atoms with Gasteiger partial charge < -0.3 is 11.1 Å². The molecule has 0 spiro atoms. The van der Waals surface area contributed by atoms with Gasteiger partial charge in [-0.3, -0.25) is 4.79 Å². The number of hydrogen-bond acceptors (Lipinski definition) is 3. The average molecular weight is 292 g/mol. The molecule has 2 unspecified atom stereocenters. The van der Waals surface area contributed by atoms with Crippen molar-refractivity contribution in [2.45, 2.75) is 43.5 Å². The number of thioether (sulfide) groups is 1. The molecule has 110 valence electrons. The van der Waals surface area contributed by atoms with Crippen LogP contribution < -0.4 is 11.1 Å². The molecule has 0 saturated carbocycles. The maximum absolute atomic E-state index is 12.6. The van der Waals surface area contributed by atoms with Crippen LogP contribution in [-0.4, -0.2) is 23.7 Å². The predicted molar refractivity (Wildman–Crippen MR) is 85.0 cm³/mol. The average Bonchev–Trinajstić information content (AvgIpc) is 2.81. The van der Waals surface area contributed by atoms with Crippen molar-refractivity contribution in [3.05, 3.63) is 29.8 Å². The van der Waals surface area contributed by atoms with E-state index in [1.165, 1.54) is 4.90 Å². The summed E-state index contributed by atoms with van der Waals surface area (Å²) in [5, 5.41) is 3.18. The van der Waals surface area contributed by atoms with Crippen molar-refractivity contribution in [1.82, 2.24) is 5.32 Å². The summed E-state index contributed by atoms with van der Waals surface area (Å²) in [5.41, 5.74) is 6.72. The molecule has 4 heteroatoms. The lowest BCUT2D eigenvalue weighted by Crippen LogP contribution is -2.53. The molecule has 1 aliphatic heterocycles. The maximum atomic E-state index is 12.6. The van der Waals surface area contributed by atoms with Crippen LogP contribution in [0.3, 0.4) is 0 Å². The van der Waals surface area contributed by atoms with Crippen LogP contribution >= 0.6 is 11.8 Å². The lowest BCUT2D eigenvalue weighted by molar-refractivity contribution is -0.123. The van der Waals surface area contributed by atoms with E-state index in [-0.39, 0.29) is 17.4 Å². The summed E-state index contributed by atoms with van der Waals surface area (Å²) in [4.78, 5) is 13.8. The molecule has 0 bridgehead atoms. The molecule has 2 atom stereocenters. The fourth-order valence-electron chi connectivity index (χ4n) is 2.85. The molecule has 0 aliphatic carbocycles. The second-order valence-corrected chi connectivity index (χ2v) is 7.32. The molecule has 3 nitrogen and oxygen atoms in total. The molecule has 0 radical (unpaired) electrons. The lowest BCUT2D eigenvalue weighted by atomic mass is 9.89. The normalized spacial score (nSPS) is 20.6. The third-order valence-electron chi connectivity index (χ3n) is 3.75. The van der Waals surface area contributed by atoms with Crippen molar-refractivity contribution in [1.29, 1.82) is 0 Å². The van der Waals surface area contributed by atoms with E-state index in [1.54, 1.807) is 11.8 Å². The molecule has 1 aromatic rings. The topological polar surface area (TPSA) is 55.1 Å². The molecule has 2 rings (SSSR count). The zero-order valence-corrected chi connectivity index (χ0v) is 13.3. The van der Waals surface area contributed by atoms with Crippen molar-refractivity contribution in [2.75, 3.05) is 12.3 Å². The minimum Gasteiger partial charge on any atom is -0.349 e. The number of fused-ring (bicyclic) bond motifs is 1. The number of benzene rings is 1. The Hall–Kier alpha value is -1.00. The van der Waals surface area contributed by atoms with Crippen molar-refractivity contribution < 1.29 is 4.79 Å². The van der Waals surface area contributed by atoms with Crippen LogP contribution in [0.25, 0.3) is 0 Å². The van der Waals surface area contributed by atoms with E-state index >= 15 is 0 Å². The molecule has 3 N–H and O–H groups in total. The monoisotopic (exact) mass is 292 g/mol. The Balaban J connectivity index is 2.09. The number of carbonyl (C=O) groups is 1. The maximum Gasteiger partial charge on any atom is 0.228 e. The summed E-state index contributed by atoms with van der Waals surface area (Å²) in [6, 6.07) is 8.17. The molecule has 1 aromatic carbocycles. The smallest absolute Gasteiger partial charge is 0.228 e. The van der Waals surface area contributed by atoms with Gasteiger partial charge in [0.1, 0.15) is 0 Å². The summed E-state index contributed by atoms with van der Waals surface area (Å²) in [6.07, 6.45) is 0.900. The molecule has 1 amide bonds. The van der Waals surface area contributed by atoms with Gasteiger partial charge in [-0.25, -0.2) is 0 Å². The van der Waals surface area contributed by atoms with Gasteiger partial charge in [-0.15, -0.1) is 11.8 Å². The van der Waals surface area contributed by atoms with Crippen LogP contribution in [0.2, 0.25) is 0 Å². The Kier molecular flexibility index (Phi) is 4.76. The van der Waals surface area contributed by atoms with Crippen LogP contribution in [0.4, 0.5) is 0 Å². The van der Waals surface area contributed by atoms with Crippen LogP contribution in [0.1, 0.15) is 38.7 Å². The number of carbonyl (C=O) groups excluding carboxylic acids is 1. The number of nitrogens with one attached hydrogen (secondary N) is 1. The zero-order chi connectivity index (χ0) is 14.8. The van der Waals surface area contributed by atoms with E-state index in [9.17, 15) is 4.79 Å². The van der Waals surface area contributed by atoms with E-state index in [4.69, 9.17) is 5.73 Å². The first-order valence-corrected chi connectivity index (χ1v) is 8.17. The molecule has 0 saturated heterocycles. The Morgan fingerprint density at radius 1 is 1.50 bits per heavy atom. The van der Waals surface area contributed by atoms with Gasteiger partial charge in [-0.2, -0.15) is 0 Å². The van der Waals surface area contributed by atoms with E-state index in [1.807, 2.05) is 19.1 Å². The summed E-state index contributed by atoms with van der Waals surface area (Å²) in [6.45, 7) is 6.82. The highest BCUT2D eigenvalue weighted by molar-refractivity contribution is 7.99. The number of nitrogens with two attached hydrogens (primary N) is 1. The Morgan fingerprint density at radius 2 is 2.20 bits per heavy atom. The minimum absolute atomic E-state index is 0.0470. The minimum atomic E-state index is -0.312. The lowest BCUT2D eigenvalue weighted by Gasteiger charge is -2.32. The first-order chi connectivity index (χ1) is 9.45. The standard InChI is InChI=1S/C16H24N2OS/c1-11(2)8-16(3,10-17)18-15(19)13-9-20-14-7-5-4-6-12(13)14/h4-7,11,13H,8-10,17H2,1-3H3,(H,18,19). The van der Waals surface area contributed by atoms with Gasteiger partial charge in [0.25, 0.3) is 0 Å². The van der Waals surface area contributed by atoms with Crippen LogP contribution in [0.15, 0.2) is 29.2 Å². The largest absolute Gasteiger partial charge is 0.349 e. The highest BCUT2D eigenvalue weighted by atomic mass is 32.2. The second-order valence-electron chi connectivity index (χ2n) is 6.25. The van der Waals surface area contributed by atoms with Crippen LogP contribution in [-0.2, 0) is 4.79 Å². The Labute approximate surface area is 125 Å². The van der Waals surface area contributed by atoms with E-state index < -0.39 is 0 Å². The van der Waals surface area contributed by atoms with Crippen molar-refractivity contribution >= 4 is 17.7 Å². The van der Waals surface area contributed by atoms with Gasteiger partial charge in [0.05, 0.1) is 5.92 Å². The van der Waals surface area contributed by atoms with E-state index in [2.05, 4.69) is 31.3 Å². The molecule has 1 aliphatic rings. The molecular weight excluding hydrogens is 268 g/mol. The second kappa shape index (κ2) is 6.19. The summed E-state index contributed by atoms with van der Waals surface area (Å²) >= 11 is 1.76. The molecule has 0 fully saturated rings. The van der Waals surface area contributed by atoms with Gasteiger partial charge in [0.2, 0.25) is 5.91 Å². The van der Waals surface area contributed by atoms with Crippen LogP contribution in [0.5, 0.6) is 0 Å². The van der Waals surface area contributed by atoms with Gasteiger partial charge in [0, 0.05) is 22.7 Å². The van der Waals surface area contributed by atoms with Gasteiger partial charge >= 0.3 is 0 Å². The molecule has 20 heavy (non-hydrogen) atoms. The van der Waals surface area contributed by atoms with Crippen molar-refractivity contribution in [3.8, 4) is 0 Å². The summed E-state index contributed by atoms with van der Waals surface area (Å²) in [7, 11) is 0. The van der Waals surface area contributed by atoms with Crippen molar-refractivity contribution in [3.63, 3.8) is 0 Å². The highest BCUT2D eigenvalue weighted by Gasteiger charge is 2.33. The molecule has 1 heterocycles. The van der Waals surface area contributed by atoms with Gasteiger partial charge in [0.15, 0.2) is 0 Å². The Bertz CT molecular complexity index is 489. The third kappa shape index (κ3) is 3.36. The first kappa shape index (κ1) is 15.4. The van der Waals surface area contributed by atoms with Gasteiger partial charge in [-0.1, -0.05) is 32.0 Å². The fraction of sp³-hybridized carbons (Fsp3) is 0.562. The number of hydrogen-bond donors (Lipinski definition) is 2. The third-order valence-corrected chi connectivity index (χ3v) is 4.93. The van der Waals surface area contributed by atoms with Crippen molar-refractivity contribution in [2.24, 2.45) is 11.7 Å². The number of amides is 1. The summed E-state index contributed by atoms with van der Waals surface area (Å²) in [5.74, 6) is 1.40. The zero-order valence-electron chi connectivity index (χ0n) is 12.5. The summed E-state index contributed by atoms with van der Waals surface area (Å²) < 4.78 is 0. The quantitative estimate of drug-likeness (QED) is 0.877. The predicted octanol–water partition coefficient (Wildman–Crippen LogP) is 2.76. The molecular formula is C16H24N2OS. The SMILES string of the molecule is CC(C)CC(C)(CN)NC(=O)C1CSc2ccccc21.